The number of benzene rings is 2. The number of rotatable bonds is 5. The molecule has 0 saturated heterocycles. The molecular formula is C18H16Cl2N2S. The number of nitrogens with one attached hydrogen (secondary N) is 1. The first-order valence-corrected chi connectivity index (χ1v) is 9.22. The summed E-state index contributed by atoms with van der Waals surface area (Å²) in [4.78, 5) is 5.71. The van der Waals surface area contributed by atoms with Crippen LogP contribution in [0.2, 0.25) is 10.2 Å². The molecule has 1 heterocycles. The van der Waals surface area contributed by atoms with Gasteiger partial charge in [0.05, 0.1) is 5.52 Å². The molecule has 0 unspecified atom stereocenters. The fourth-order valence-electron chi connectivity index (χ4n) is 2.36. The van der Waals surface area contributed by atoms with Gasteiger partial charge in [-0.1, -0.05) is 41.4 Å². The molecule has 5 heteroatoms. The summed E-state index contributed by atoms with van der Waals surface area (Å²) in [7, 11) is 0. The van der Waals surface area contributed by atoms with Crippen LogP contribution >= 0.6 is 35.0 Å². The van der Waals surface area contributed by atoms with Crippen molar-refractivity contribution < 1.29 is 0 Å². The van der Waals surface area contributed by atoms with Gasteiger partial charge in [-0.15, -0.1) is 11.8 Å². The summed E-state index contributed by atoms with van der Waals surface area (Å²) in [6.45, 7) is 1.44. The van der Waals surface area contributed by atoms with Crippen LogP contribution in [-0.4, -0.2) is 11.2 Å². The molecule has 118 valence electrons. The molecule has 0 atom stereocenters. The van der Waals surface area contributed by atoms with Gasteiger partial charge < -0.3 is 5.32 Å². The molecule has 0 bridgehead atoms. The number of hydrogen-bond donors (Lipinski definition) is 1. The summed E-state index contributed by atoms with van der Waals surface area (Å²) < 4.78 is 0. The molecule has 0 amide bonds. The van der Waals surface area contributed by atoms with Crippen LogP contribution in [0, 0.1) is 0 Å². The second-order valence-electron chi connectivity index (χ2n) is 5.23. The Balaban J connectivity index is 1.72. The van der Waals surface area contributed by atoms with E-state index >= 15 is 0 Å². The van der Waals surface area contributed by atoms with Gasteiger partial charge in [-0.05, 0) is 42.2 Å². The molecule has 0 fully saturated rings. The van der Waals surface area contributed by atoms with E-state index in [2.05, 4.69) is 40.8 Å². The highest BCUT2D eigenvalue weighted by molar-refractivity contribution is 7.98. The molecule has 3 rings (SSSR count). The van der Waals surface area contributed by atoms with Crippen molar-refractivity contribution in [3.8, 4) is 0 Å². The van der Waals surface area contributed by atoms with Crippen LogP contribution in [0.4, 0.5) is 0 Å². The van der Waals surface area contributed by atoms with Crippen LogP contribution in [-0.2, 0) is 13.1 Å². The first-order valence-electron chi connectivity index (χ1n) is 7.24. The number of nitrogens with zero attached hydrogens (tertiary/aromatic N) is 1. The topological polar surface area (TPSA) is 24.9 Å². The van der Waals surface area contributed by atoms with Crippen molar-refractivity contribution in [1.82, 2.24) is 10.3 Å². The monoisotopic (exact) mass is 362 g/mol. The average molecular weight is 363 g/mol. The van der Waals surface area contributed by atoms with Gasteiger partial charge in [0.2, 0.25) is 0 Å². The van der Waals surface area contributed by atoms with E-state index in [0.29, 0.717) is 11.7 Å². The van der Waals surface area contributed by atoms with Crippen LogP contribution in [0.3, 0.4) is 0 Å². The van der Waals surface area contributed by atoms with Crippen LogP contribution in [0.1, 0.15) is 11.1 Å². The molecule has 0 aliphatic carbocycles. The fraction of sp³-hybridized carbons (Fsp3) is 0.167. The number of hydrogen-bond acceptors (Lipinski definition) is 3. The largest absolute Gasteiger partial charge is 0.309 e. The molecule has 0 spiro atoms. The minimum absolute atomic E-state index is 0.555. The van der Waals surface area contributed by atoms with Crippen molar-refractivity contribution in [2.24, 2.45) is 0 Å². The summed E-state index contributed by atoms with van der Waals surface area (Å²) in [6.07, 6.45) is 2.05. The molecule has 23 heavy (non-hydrogen) atoms. The van der Waals surface area contributed by atoms with Crippen LogP contribution < -0.4 is 5.32 Å². The second kappa shape index (κ2) is 7.54. The lowest BCUT2D eigenvalue weighted by Gasteiger charge is -2.09. The zero-order valence-electron chi connectivity index (χ0n) is 12.6. The summed E-state index contributed by atoms with van der Waals surface area (Å²) in [5.74, 6) is 0. The number of pyridine rings is 1. The lowest BCUT2D eigenvalue weighted by atomic mass is 10.1. The highest BCUT2D eigenvalue weighted by atomic mass is 35.5. The molecule has 1 aromatic heterocycles. The average Bonchev–Trinajstić information content (AvgIpc) is 2.56. The van der Waals surface area contributed by atoms with E-state index < -0.39 is 0 Å². The van der Waals surface area contributed by atoms with Crippen LogP contribution in [0.5, 0.6) is 0 Å². The maximum Gasteiger partial charge on any atom is 0.134 e. The lowest BCUT2D eigenvalue weighted by molar-refractivity contribution is 0.692. The van der Waals surface area contributed by atoms with E-state index in [9.17, 15) is 0 Å². The van der Waals surface area contributed by atoms with Gasteiger partial charge in [-0.3, -0.25) is 0 Å². The van der Waals surface area contributed by atoms with E-state index in [-0.39, 0.29) is 0 Å². The third-order valence-corrected chi connectivity index (χ3v) is 4.91. The van der Waals surface area contributed by atoms with Crippen molar-refractivity contribution in [1.29, 1.82) is 0 Å². The van der Waals surface area contributed by atoms with Crippen molar-refractivity contribution >= 4 is 45.9 Å². The summed E-state index contributed by atoms with van der Waals surface area (Å²) in [5, 5.41) is 5.81. The minimum atomic E-state index is 0.555. The Morgan fingerprint density at radius 2 is 1.78 bits per heavy atom. The second-order valence-corrected chi connectivity index (χ2v) is 6.90. The standard InChI is InChI=1S/C18H16Cl2N2S/c1-23-16-7-4-13-8-14(18(20)22-17(13)9-16)11-21-10-12-2-5-15(19)6-3-12/h2-9,21H,10-11H2,1H3. The van der Waals surface area contributed by atoms with E-state index in [0.717, 1.165) is 28.0 Å². The van der Waals surface area contributed by atoms with Crippen molar-refractivity contribution in [2.45, 2.75) is 18.0 Å². The Morgan fingerprint density at radius 3 is 2.52 bits per heavy atom. The molecular weight excluding hydrogens is 347 g/mol. The zero-order chi connectivity index (χ0) is 16.2. The number of halogens is 2. The molecule has 3 aromatic rings. The Kier molecular flexibility index (Phi) is 5.44. The number of fused-ring (bicyclic) bond motifs is 1. The SMILES string of the molecule is CSc1ccc2cc(CNCc3ccc(Cl)cc3)c(Cl)nc2c1. The molecule has 0 saturated carbocycles. The lowest BCUT2D eigenvalue weighted by Crippen LogP contribution is -2.13. The molecule has 0 radical (unpaired) electrons. The van der Waals surface area contributed by atoms with Gasteiger partial charge in [0.25, 0.3) is 0 Å². The number of aromatic nitrogens is 1. The Morgan fingerprint density at radius 1 is 1.00 bits per heavy atom. The minimum Gasteiger partial charge on any atom is -0.309 e. The highest BCUT2D eigenvalue weighted by Crippen LogP contribution is 2.24. The van der Waals surface area contributed by atoms with E-state index in [1.54, 1.807) is 11.8 Å². The van der Waals surface area contributed by atoms with Gasteiger partial charge in [0.1, 0.15) is 5.15 Å². The molecule has 0 aliphatic heterocycles. The first-order chi connectivity index (χ1) is 11.2. The summed E-state index contributed by atoms with van der Waals surface area (Å²) in [6, 6.07) is 16.2. The molecule has 0 aliphatic rings. The van der Waals surface area contributed by atoms with Crippen molar-refractivity contribution in [3.05, 3.63) is 69.8 Å². The van der Waals surface area contributed by atoms with E-state index in [1.165, 1.54) is 10.5 Å². The number of thioether (sulfide) groups is 1. The Hall–Kier alpha value is -1.26. The van der Waals surface area contributed by atoms with Gasteiger partial charge >= 0.3 is 0 Å². The normalized spacial score (nSPS) is 11.1. The van der Waals surface area contributed by atoms with Gasteiger partial charge in [-0.25, -0.2) is 4.98 Å². The van der Waals surface area contributed by atoms with Crippen LogP contribution in [0.15, 0.2) is 53.4 Å². The predicted molar refractivity (Wildman–Crippen MR) is 101 cm³/mol. The van der Waals surface area contributed by atoms with Crippen molar-refractivity contribution in [2.75, 3.05) is 6.26 Å². The van der Waals surface area contributed by atoms with E-state index in [4.69, 9.17) is 23.2 Å². The van der Waals surface area contributed by atoms with Gasteiger partial charge in [0, 0.05) is 34.0 Å². The predicted octanol–water partition coefficient (Wildman–Crippen LogP) is 5.55. The Labute approximate surface area is 150 Å². The molecule has 2 aromatic carbocycles. The zero-order valence-corrected chi connectivity index (χ0v) is 15.0. The maximum absolute atomic E-state index is 6.33. The van der Waals surface area contributed by atoms with Crippen molar-refractivity contribution in [3.63, 3.8) is 0 Å². The molecule has 2 nitrogen and oxygen atoms in total. The van der Waals surface area contributed by atoms with Gasteiger partial charge in [0.15, 0.2) is 0 Å². The maximum atomic E-state index is 6.33. The first kappa shape index (κ1) is 16.6. The van der Waals surface area contributed by atoms with E-state index in [1.807, 2.05) is 24.3 Å². The summed E-state index contributed by atoms with van der Waals surface area (Å²) >= 11 is 13.9. The smallest absolute Gasteiger partial charge is 0.134 e. The molecule has 1 N–H and O–H groups in total. The summed E-state index contributed by atoms with van der Waals surface area (Å²) in [5.41, 5.74) is 3.12. The Bertz CT molecular complexity index is 819. The van der Waals surface area contributed by atoms with Crippen LogP contribution in [0.25, 0.3) is 10.9 Å². The quantitative estimate of drug-likeness (QED) is 0.475. The van der Waals surface area contributed by atoms with Gasteiger partial charge in [-0.2, -0.15) is 0 Å². The third kappa shape index (κ3) is 4.18. The third-order valence-electron chi connectivity index (χ3n) is 3.61. The fourth-order valence-corrected chi connectivity index (χ4v) is 3.13. The highest BCUT2D eigenvalue weighted by Gasteiger charge is 2.06.